The average Bonchev–Trinajstić information content (AvgIpc) is 3.05. The number of rotatable bonds is 3. The SMILES string of the molecule is Cc1cc(C)n2nc(CC(=O)N3CCC[C@@](C)(c4ccccc4)C3)nc2n1. The molecule has 0 unspecified atom stereocenters. The van der Waals surface area contributed by atoms with Crippen LogP contribution < -0.4 is 0 Å². The van der Waals surface area contributed by atoms with E-state index in [0.717, 1.165) is 37.3 Å². The smallest absolute Gasteiger partial charge is 0.252 e. The Morgan fingerprint density at radius 1 is 1.19 bits per heavy atom. The minimum absolute atomic E-state index is 0.00321. The van der Waals surface area contributed by atoms with Crippen molar-refractivity contribution >= 4 is 11.7 Å². The van der Waals surface area contributed by atoms with Gasteiger partial charge in [0.15, 0.2) is 5.82 Å². The molecule has 0 aliphatic carbocycles. The van der Waals surface area contributed by atoms with Crippen molar-refractivity contribution in [1.29, 1.82) is 0 Å². The van der Waals surface area contributed by atoms with Crippen LogP contribution in [0.4, 0.5) is 0 Å². The van der Waals surface area contributed by atoms with Gasteiger partial charge in [-0.15, -0.1) is 5.10 Å². The lowest BCUT2D eigenvalue weighted by Crippen LogP contribution is -2.47. The molecule has 0 radical (unpaired) electrons. The first-order chi connectivity index (χ1) is 12.9. The van der Waals surface area contributed by atoms with Crippen LogP contribution in [0.2, 0.25) is 0 Å². The maximum atomic E-state index is 12.9. The van der Waals surface area contributed by atoms with Crippen molar-refractivity contribution in [1.82, 2.24) is 24.5 Å². The normalized spacial score (nSPS) is 20.2. The molecule has 2 aromatic heterocycles. The molecule has 0 bridgehead atoms. The first kappa shape index (κ1) is 17.6. The zero-order chi connectivity index (χ0) is 19.0. The van der Waals surface area contributed by atoms with Crippen LogP contribution in [0.5, 0.6) is 0 Å². The zero-order valence-electron chi connectivity index (χ0n) is 16.1. The van der Waals surface area contributed by atoms with Gasteiger partial charge in [-0.1, -0.05) is 37.3 Å². The summed E-state index contributed by atoms with van der Waals surface area (Å²) in [7, 11) is 0. The van der Waals surface area contributed by atoms with Gasteiger partial charge >= 0.3 is 0 Å². The largest absolute Gasteiger partial charge is 0.341 e. The third-order valence-corrected chi connectivity index (χ3v) is 5.49. The Balaban J connectivity index is 1.52. The minimum atomic E-state index is -0.00321. The summed E-state index contributed by atoms with van der Waals surface area (Å²) in [5.74, 6) is 1.18. The lowest BCUT2D eigenvalue weighted by molar-refractivity contribution is -0.132. The van der Waals surface area contributed by atoms with Crippen LogP contribution in [0.1, 0.15) is 42.5 Å². The second-order valence-corrected chi connectivity index (χ2v) is 7.80. The fourth-order valence-corrected chi connectivity index (χ4v) is 4.06. The minimum Gasteiger partial charge on any atom is -0.341 e. The van der Waals surface area contributed by atoms with Crippen LogP contribution in [0, 0.1) is 13.8 Å². The predicted molar refractivity (Wildman–Crippen MR) is 104 cm³/mol. The molecule has 1 aromatic carbocycles. The van der Waals surface area contributed by atoms with Crippen molar-refractivity contribution in [2.45, 2.75) is 45.4 Å². The highest BCUT2D eigenvalue weighted by atomic mass is 16.2. The number of carbonyl (C=O) groups is 1. The van der Waals surface area contributed by atoms with Crippen LogP contribution in [0.3, 0.4) is 0 Å². The predicted octanol–water partition coefficient (Wildman–Crippen LogP) is 2.86. The van der Waals surface area contributed by atoms with Crippen LogP contribution in [0.25, 0.3) is 5.78 Å². The molecule has 0 saturated carbocycles. The summed E-state index contributed by atoms with van der Waals surface area (Å²) < 4.78 is 1.71. The second-order valence-electron chi connectivity index (χ2n) is 7.80. The van der Waals surface area contributed by atoms with Crippen LogP contribution in [-0.2, 0) is 16.6 Å². The molecule has 1 saturated heterocycles. The van der Waals surface area contributed by atoms with Gasteiger partial charge in [-0.05, 0) is 38.3 Å². The molecule has 27 heavy (non-hydrogen) atoms. The summed E-state index contributed by atoms with van der Waals surface area (Å²) in [4.78, 5) is 23.8. The topological polar surface area (TPSA) is 63.4 Å². The Bertz CT molecular complexity index is 981. The van der Waals surface area contributed by atoms with E-state index in [1.165, 1.54) is 5.56 Å². The average molecular weight is 363 g/mol. The quantitative estimate of drug-likeness (QED) is 0.718. The summed E-state index contributed by atoms with van der Waals surface area (Å²) in [5.41, 5.74) is 3.17. The summed E-state index contributed by atoms with van der Waals surface area (Å²) in [5, 5.41) is 4.48. The van der Waals surface area contributed by atoms with E-state index in [9.17, 15) is 4.79 Å². The van der Waals surface area contributed by atoms with Gasteiger partial charge in [0.2, 0.25) is 5.91 Å². The number of fused-ring (bicyclic) bond motifs is 1. The van der Waals surface area contributed by atoms with E-state index in [1.807, 2.05) is 30.9 Å². The van der Waals surface area contributed by atoms with E-state index in [2.05, 4.69) is 46.3 Å². The fourth-order valence-electron chi connectivity index (χ4n) is 4.06. The molecule has 1 amide bonds. The Hall–Kier alpha value is -2.76. The standard InChI is InChI=1S/C21H25N5O/c1-15-12-16(2)26-20(22-15)23-18(24-26)13-19(27)25-11-7-10-21(3,14-25)17-8-5-4-6-9-17/h4-6,8-9,12H,7,10-11,13-14H2,1-3H3/t21-/m1/s1. The lowest BCUT2D eigenvalue weighted by Gasteiger charge is -2.41. The Morgan fingerprint density at radius 3 is 2.74 bits per heavy atom. The maximum Gasteiger partial charge on any atom is 0.252 e. The van der Waals surface area contributed by atoms with E-state index in [1.54, 1.807) is 4.52 Å². The molecule has 1 fully saturated rings. The molecule has 0 spiro atoms. The molecule has 4 rings (SSSR count). The zero-order valence-corrected chi connectivity index (χ0v) is 16.1. The number of aryl methyl sites for hydroxylation is 2. The van der Waals surface area contributed by atoms with Crippen LogP contribution in [-0.4, -0.2) is 43.5 Å². The number of nitrogens with zero attached hydrogens (tertiary/aromatic N) is 5. The molecule has 1 aliphatic heterocycles. The molecule has 0 N–H and O–H groups in total. The van der Waals surface area contributed by atoms with Gasteiger partial charge in [-0.25, -0.2) is 9.50 Å². The van der Waals surface area contributed by atoms with E-state index in [-0.39, 0.29) is 17.7 Å². The van der Waals surface area contributed by atoms with Gasteiger partial charge in [0.25, 0.3) is 5.78 Å². The highest BCUT2D eigenvalue weighted by molar-refractivity contribution is 5.78. The number of aromatic nitrogens is 4. The molecule has 1 aliphatic rings. The molecule has 3 aromatic rings. The van der Waals surface area contributed by atoms with Crippen LogP contribution >= 0.6 is 0 Å². The number of benzene rings is 1. The number of likely N-dealkylation sites (tertiary alicyclic amines) is 1. The number of carbonyl (C=O) groups excluding carboxylic acids is 1. The first-order valence-corrected chi connectivity index (χ1v) is 9.48. The van der Waals surface area contributed by atoms with Gasteiger partial charge in [0.1, 0.15) is 0 Å². The van der Waals surface area contributed by atoms with Crippen LogP contribution in [0.15, 0.2) is 36.4 Å². The number of piperidine rings is 1. The molecule has 6 nitrogen and oxygen atoms in total. The number of hydrogen-bond donors (Lipinski definition) is 0. The number of hydrogen-bond acceptors (Lipinski definition) is 4. The third kappa shape index (κ3) is 3.44. The molecule has 6 heteroatoms. The van der Waals surface area contributed by atoms with E-state index < -0.39 is 0 Å². The monoisotopic (exact) mass is 363 g/mol. The third-order valence-electron chi connectivity index (χ3n) is 5.49. The van der Waals surface area contributed by atoms with E-state index in [4.69, 9.17) is 0 Å². The molecule has 140 valence electrons. The van der Waals surface area contributed by atoms with Crippen molar-refractivity contribution in [2.24, 2.45) is 0 Å². The van der Waals surface area contributed by atoms with Crippen molar-refractivity contribution in [3.05, 3.63) is 59.2 Å². The highest BCUT2D eigenvalue weighted by Gasteiger charge is 2.34. The summed E-state index contributed by atoms with van der Waals surface area (Å²) in [6.07, 6.45) is 2.32. The van der Waals surface area contributed by atoms with Gasteiger partial charge in [0.05, 0.1) is 6.42 Å². The fraction of sp³-hybridized carbons (Fsp3) is 0.429. The highest BCUT2D eigenvalue weighted by Crippen LogP contribution is 2.33. The number of amides is 1. The van der Waals surface area contributed by atoms with E-state index in [0.29, 0.717) is 11.6 Å². The summed E-state index contributed by atoms with van der Waals surface area (Å²) >= 11 is 0. The molecular weight excluding hydrogens is 338 g/mol. The molecule has 1 atom stereocenters. The Labute approximate surface area is 159 Å². The van der Waals surface area contributed by atoms with Crippen molar-refractivity contribution in [3.63, 3.8) is 0 Å². The van der Waals surface area contributed by atoms with E-state index >= 15 is 0 Å². The molecular formula is C21H25N5O. The first-order valence-electron chi connectivity index (χ1n) is 9.48. The van der Waals surface area contributed by atoms with Gasteiger partial charge in [-0.3, -0.25) is 4.79 Å². The van der Waals surface area contributed by atoms with Gasteiger partial charge in [-0.2, -0.15) is 4.98 Å². The molecule has 3 heterocycles. The van der Waals surface area contributed by atoms with Crippen molar-refractivity contribution in [3.8, 4) is 0 Å². The van der Waals surface area contributed by atoms with Gasteiger partial charge in [0, 0.05) is 29.9 Å². The van der Waals surface area contributed by atoms with Crippen molar-refractivity contribution < 1.29 is 4.79 Å². The Morgan fingerprint density at radius 2 is 1.96 bits per heavy atom. The second kappa shape index (κ2) is 6.76. The summed E-state index contributed by atoms with van der Waals surface area (Å²) in [6, 6.07) is 12.5. The van der Waals surface area contributed by atoms with Crippen molar-refractivity contribution in [2.75, 3.05) is 13.1 Å². The maximum absolute atomic E-state index is 12.9. The lowest BCUT2D eigenvalue weighted by atomic mass is 9.76. The van der Waals surface area contributed by atoms with Gasteiger partial charge < -0.3 is 4.90 Å². The Kier molecular flexibility index (Phi) is 4.42. The summed E-state index contributed by atoms with van der Waals surface area (Å²) in [6.45, 7) is 7.69.